The van der Waals surface area contributed by atoms with Crippen LogP contribution in [-0.4, -0.2) is 9.13 Å². The number of allylic oxidation sites excluding steroid dienone is 2. The SMILES string of the molecule is C=Cc1c(C=C)c(/C=C\C)n(-c2cc(-c3ccccc3)cc(-c3cc(-c4ccccc4)cc(-n4c5ccccc5c5ccccc54)c3)c2)c1/C=C\C. The minimum absolute atomic E-state index is 1.06. The third-order valence-corrected chi connectivity index (χ3v) is 9.86. The van der Waals surface area contributed by atoms with E-state index in [9.17, 15) is 0 Å². The van der Waals surface area contributed by atoms with Gasteiger partial charge in [0.2, 0.25) is 0 Å². The van der Waals surface area contributed by atoms with Crippen molar-refractivity contribution in [1.82, 2.24) is 9.13 Å². The van der Waals surface area contributed by atoms with Gasteiger partial charge in [0.25, 0.3) is 0 Å². The first-order valence-electron chi connectivity index (χ1n) is 17.8. The fourth-order valence-electron chi connectivity index (χ4n) is 7.61. The Labute approximate surface area is 306 Å². The largest absolute Gasteiger partial charge is 0.309 e. The first kappa shape index (κ1) is 32.6. The van der Waals surface area contributed by atoms with Crippen LogP contribution >= 0.6 is 0 Å². The summed E-state index contributed by atoms with van der Waals surface area (Å²) in [6, 6.07) is 52.7. The number of hydrogen-bond donors (Lipinski definition) is 0. The number of para-hydroxylation sites is 2. The quantitative estimate of drug-likeness (QED) is 0.145. The van der Waals surface area contributed by atoms with E-state index >= 15 is 0 Å². The predicted molar refractivity (Wildman–Crippen MR) is 226 cm³/mol. The zero-order valence-electron chi connectivity index (χ0n) is 29.6. The lowest BCUT2D eigenvalue weighted by atomic mass is 9.94. The summed E-state index contributed by atoms with van der Waals surface area (Å²) in [5.41, 5.74) is 15.7. The van der Waals surface area contributed by atoms with Gasteiger partial charge in [0.15, 0.2) is 0 Å². The second-order valence-electron chi connectivity index (χ2n) is 13.0. The monoisotopic (exact) mass is 668 g/mol. The van der Waals surface area contributed by atoms with Crippen molar-refractivity contribution in [2.75, 3.05) is 0 Å². The molecular weight excluding hydrogens is 629 g/mol. The molecule has 2 heterocycles. The highest BCUT2D eigenvalue weighted by molar-refractivity contribution is 6.09. The van der Waals surface area contributed by atoms with Crippen molar-refractivity contribution in [2.24, 2.45) is 0 Å². The molecular formula is C50H40N2. The maximum Gasteiger partial charge on any atom is 0.0541 e. The van der Waals surface area contributed by atoms with Crippen LogP contribution in [0, 0.1) is 0 Å². The summed E-state index contributed by atoms with van der Waals surface area (Å²) in [6.45, 7) is 12.5. The van der Waals surface area contributed by atoms with Crippen LogP contribution in [0.3, 0.4) is 0 Å². The summed E-state index contributed by atoms with van der Waals surface area (Å²) in [4.78, 5) is 0. The van der Waals surface area contributed by atoms with Crippen molar-refractivity contribution >= 4 is 46.1 Å². The molecule has 0 atom stereocenters. The Morgan fingerprint density at radius 2 is 0.769 bits per heavy atom. The Bertz CT molecular complexity index is 2570. The van der Waals surface area contributed by atoms with Crippen molar-refractivity contribution in [2.45, 2.75) is 13.8 Å². The summed E-state index contributed by atoms with van der Waals surface area (Å²) < 4.78 is 4.76. The smallest absolute Gasteiger partial charge is 0.0541 e. The summed E-state index contributed by atoms with van der Waals surface area (Å²) in [6.07, 6.45) is 12.4. The number of fused-ring (bicyclic) bond motifs is 3. The van der Waals surface area contributed by atoms with E-state index in [4.69, 9.17) is 0 Å². The number of hydrogen-bond acceptors (Lipinski definition) is 0. The predicted octanol–water partition coefficient (Wildman–Crippen LogP) is 13.9. The summed E-state index contributed by atoms with van der Waals surface area (Å²) in [5.74, 6) is 0. The topological polar surface area (TPSA) is 9.86 Å². The van der Waals surface area contributed by atoms with Crippen molar-refractivity contribution in [3.8, 4) is 44.8 Å². The van der Waals surface area contributed by atoms with Crippen LogP contribution in [0.4, 0.5) is 0 Å². The molecule has 0 bridgehead atoms. The average molecular weight is 669 g/mol. The van der Waals surface area contributed by atoms with Gasteiger partial charge < -0.3 is 9.13 Å². The average Bonchev–Trinajstić information content (AvgIpc) is 3.70. The Hall–Kier alpha value is -6.64. The highest BCUT2D eigenvalue weighted by Gasteiger charge is 2.20. The zero-order valence-corrected chi connectivity index (χ0v) is 29.6. The van der Waals surface area contributed by atoms with Gasteiger partial charge in [0, 0.05) is 33.3 Å². The molecule has 250 valence electrons. The number of aromatic nitrogens is 2. The molecule has 0 radical (unpaired) electrons. The molecule has 0 aliphatic rings. The van der Waals surface area contributed by atoms with E-state index < -0.39 is 0 Å². The normalized spacial score (nSPS) is 11.7. The summed E-state index contributed by atoms with van der Waals surface area (Å²) in [5, 5.41) is 2.49. The van der Waals surface area contributed by atoms with E-state index in [-0.39, 0.29) is 0 Å². The summed E-state index contributed by atoms with van der Waals surface area (Å²) in [7, 11) is 0. The van der Waals surface area contributed by atoms with Crippen LogP contribution in [0.5, 0.6) is 0 Å². The van der Waals surface area contributed by atoms with Gasteiger partial charge in [-0.05, 0) is 108 Å². The zero-order chi connectivity index (χ0) is 35.6. The molecule has 0 aliphatic heterocycles. The molecule has 0 unspecified atom stereocenters. The fraction of sp³-hybridized carbons (Fsp3) is 0.0400. The van der Waals surface area contributed by atoms with Gasteiger partial charge in [0.05, 0.1) is 22.4 Å². The van der Waals surface area contributed by atoms with Gasteiger partial charge in [-0.2, -0.15) is 0 Å². The van der Waals surface area contributed by atoms with Crippen molar-refractivity contribution in [3.63, 3.8) is 0 Å². The van der Waals surface area contributed by atoms with E-state index in [1.807, 2.05) is 12.2 Å². The van der Waals surface area contributed by atoms with Crippen LogP contribution in [-0.2, 0) is 0 Å². The van der Waals surface area contributed by atoms with E-state index in [1.165, 1.54) is 27.4 Å². The molecule has 0 N–H and O–H groups in total. The fourth-order valence-corrected chi connectivity index (χ4v) is 7.61. The standard InChI is InChI=1S/C50H40N2/c1-5-19-47-43(7-3)44(8-4)48(20-6-2)51(47)41-31-37(35-21-11-9-12-22-35)29-39(33-41)40-30-38(36-23-13-10-14-24-36)32-42(34-40)52-49-27-17-15-25-45(49)46-26-16-18-28-50(46)52/h5-34H,3-4H2,1-2H3/b19-5-,20-6-. The lowest BCUT2D eigenvalue weighted by Crippen LogP contribution is -2.01. The second kappa shape index (κ2) is 13.9. The first-order valence-corrected chi connectivity index (χ1v) is 17.8. The van der Waals surface area contributed by atoms with Crippen LogP contribution in [0.2, 0.25) is 0 Å². The molecule has 2 nitrogen and oxygen atoms in total. The Balaban J connectivity index is 1.46. The van der Waals surface area contributed by atoms with Crippen LogP contribution < -0.4 is 0 Å². The van der Waals surface area contributed by atoms with Crippen LogP contribution in [0.25, 0.3) is 90.9 Å². The molecule has 0 fully saturated rings. The van der Waals surface area contributed by atoms with Gasteiger partial charge in [0.1, 0.15) is 0 Å². The van der Waals surface area contributed by atoms with E-state index in [2.05, 4.69) is 206 Å². The molecule has 0 saturated heterocycles. The van der Waals surface area contributed by atoms with Crippen molar-refractivity contribution in [3.05, 3.63) is 193 Å². The third kappa shape index (κ3) is 5.65. The molecule has 8 aromatic rings. The molecule has 2 aromatic heterocycles. The van der Waals surface area contributed by atoms with Crippen molar-refractivity contribution in [1.29, 1.82) is 0 Å². The lowest BCUT2D eigenvalue weighted by Gasteiger charge is -2.18. The van der Waals surface area contributed by atoms with Gasteiger partial charge in [-0.25, -0.2) is 0 Å². The third-order valence-electron chi connectivity index (χ3n) is 9.86. The Morgan fingerprint density at radius 1 is 0.404 bits per heavy atom. The van der Waals surface area contributed by atoms with E-state index in [1.54, 1.807) is 0 Å². The highest BCUT2D eigenvalue weighted by Crippen LogP contribution is 2.39. The first-order chi connectivity index (χ1) is 25.6. The van der Waals surface area contributed by atoms with Gasteiger partial charge >= 0.3 is 0 Å². The number of nitrogens with zero attached hydrogens (tertiary/aromatic N) is 2. The maximum absolute atomic E-state index is 4.22. The summed E-state index contributed by atoms with van der Waals surface area (Å²) >= 11 is 0. The van der Waals surface area contributed by atoms with Gasteiger partial charge in [-0.15, -0.1) is 0 Å². The molecule has 6 aromatic carbocycles. The minimum atomic E-state index is 1.06. The highest BCUT2D eigenvalue weighted by atomic mass is 15.0. The Morgan fingerprint density at radius 3 is 1.17 bits per heavy atom. The molecule has 0 aliphatic carbocycles. The molecule has 0 amide bonds. The molecule has 0 spiro atoms. The second-order valence-corrected chi connectivity index (χ2v) is 13.0. The molecule has 2 heteroatoms. The van der Waals surface area contributed by atoms with Crippen LogP contribution in [0.15, 0.2) is 171 Å². The minimum Gasteiger partial charge on any atom is -0.309 e. The molecule has 8 rings (SSSR count). The maximum atomic E-state index is 4.22. The Kier molecular flexibility index (Phi) is 8.73. The molecule has 0 saturated carbocycles. The van der Waals surface area contributed by atoms with Gasteiger partial charge in [-0.3, -0.25) is 0 Å². The van der Waals surface area contributed by atoms with Crippen LogP contribution in [0.1, 0.15) is 36.4 Å². The number of rotatable bonds is 9. The van der Waals surface area contributed by atoms with Crippen molar-refractivity contribution < 1.29 is 0 Å². The lowest BCUT2D eigenvalue weighted by molar-refractivity contribution is 1.04. The van der Waals surface area contributed by atoms with E-state index in [0.717, 1.165) is 61.7 Å². The molecule has 52 heavy (non-hydrogen) atoms. The van der Waals surface area contributed by atoms with E-state index in [0.29, 0.717) is 0 Å². The number of benzene rings is 6. The van der Waals surface area contributed by atoms with Gasteiger partial charge in [-0.1, -0.05) is 135 Å².